The van der Waals surface area contributed by atoms with Gasteiger partial charge in [-0.2, -0.15) is 4.98 Å². The number of nitrogen functional groups attached to an aromatic ring is 1. The van der Waals surface area contributed by atoms with Gasteiger partial charge in [-0.15, -0.1) is 0 Å². The van der Waals surface area contributed by atoms with E-state index >= 15 is 0 Å². The van der Waals surface area contributed by atoms with Crippen molar-refractivity contribution in [2.75, 3.05) is 24.3 Å². The Balaban J connectivity index is 2.08. The van der Waals surface area contributed by atoms with Crippen LogP contribution in [0, 0.1) is 5.92 Å². The molecule has 0 saturated heterocycles. The third kappa shape index (κ3) is 3.54. The van der Waals surface area contributed by atoms with Crippen molar-refractivity contribution >= 4 is 11.5 Å². The van der Waals surface area contributed by atoms with Gasteiger partial charge in [-0.25, -0.2) is 0 Å². The summed E-state index contributed by atoms with van der Waals surface area (Å²) in [6.07, 6.45) is 4.11. The minimum atomic E-state index is -0.336. The molecular formula is C15H25N3O2. The topological polar surface area (TPSA) is 80.4 Å². The molecule has 0 atom stereocenters. The summed E-state index contributed by atoms with van der Waals surface area (Å²) in [6.45, 7) is 4.86. The van der Waals surface area contributed by atoms with Gasteiger partial charge in [-0.3, -0.25) is 0 Å². The lowest BCUT2D eigenvalue weighted by atomic mass is 9.94. The standard InChI is InChI=1S/C15H25N3O2/c1-3-15(4-2,10-19)18-13-8-7-12(16)14(17-13)20-9-11-5-6-11/h7-8,11,19H,3-6,9-10,16H2,1-2H3,(H,17,18). The van der Waals surface area contributed by atoms with Gasteiger partial charge >= 0.3 is 0 Å². The molecule has 5 heteroatoms. The SMILES string of the molecule is CCC(CC)(CO)Nc1ccc(N)c(OCC2CC2)n1. The van der Waals surface area contributed by atoms with E-state index in [4.69, 9.17) is 10.5 Å². The van der Waals surface area contributed by atoms with Crippen LogP contribution in [0.1, 0.15) is 39.5 Å². The molecule has 0 spiro atoms. The third-order valence-electron chi connectivity index (χ3n) is 4.09. The monoisotopic (exact) mass is 279 g/mol. The van der Waals surface area contributed by atoms with Gasteiger partial charge in [0.05, 0.1) is 24.4 Å². The third-order valence-corrected chi connectivity index (χ3v) is 4.09. The van der Waals surface area contributed by atoms with Crippen LogP contribution in [0.3, 0.4) is 0 Å². The van der Waals surface area contributed by atoms with Gasteiger partial charge in [0.2, 0.25) is 5.88 Å². The summed E-state index contributed by atoms with van der Waals surface area (Å²) in [7, 11) is 0. The number of hydrogen-bond donors (Lipinski definition) is 3. The molecular weight excluding hydrogens is 254 g/mol. The zero-order chi connectivity index (χ0) is 14.6. The highest BCUT2D eigenvalue weighted by atomic mass is 16.5. The van der Waals surface area contributed by atoms with E-state index in [-0.39, 0.29) is 12.1 Å². The number of rotatable bonds is 8. The minimum Gasteiger partial charge on any atom is -0.476 e. The quantitative estimate of drug-likeness (QED) is 0.681. The number of ether oxygens (including phenoxy) is 1. The highest BCUT2D eigenvalue weighted by Crippen LogP contribution is 2.31. The summed E-state index contributed by atoms with van der Waals surface area (Å²) in [5, 5.41) is 12.9. The van der Waals surface area contributed by atoms with E-state index in [1.165, 1.54) is 12.8 Å². The van der Waals surface area contributed by atoms with Crippen molar-refractivity contribution in [3.05, 3.63) is 12.1 Å². The van der Waals surface area contributed by atoms with Crippen LogP contribution in [0.4, 0.5) is 11.5 Å². The molecule has 112 valence electrons. The lowest BCUT2D eigenvalue weighted by Crippen LogP contribution is -2.41. The van der Waals surface area contributed by atoms with Crippen LogP contribution in [0.5, 0.6) is 5.88 Å². The molecule has 1 aromatic heterocycles. The Bertz CT molecular complexity index is 434. The lowest BCUT2D eigenvalue weighted by molar-refractivity contribution is 0.202. The molecule has 1 heterocycles. The van der Waals surface area contributed by atoms with Gasteiger partial charge in [0.15, 0.2) is 0 Å². The number of pyridine rings is 1. The summed E-state index contributed by atoms with van der Waals surface area (Å²) in [5.41, 5.74) is 6.11. The zero-order valence-electron chi connectivity index (χ0n) is 12.4. The van der Waals surface area contributed by atoms with Gasteiger partial charge in [0, 0.05) is 0 Å². The van der Waals surface area contributed by atoms with E-state index in [1.54, 1.807) is 6.07 Å². The molecule has 1 aliphatic carbocycles. The van der Waals surface area contributed by atoms with Gasteiger partial charge in [0.1, 0.15) is 5.82 Å². The number of aliphatic hydroxyl groups is 1. The molecule has 5 nitrogen and oxygen atoms in total. The summed E-state index contributed by atoms with van der Waals surface area (Å²) in [6, 6.07) is 3.63. The van der Waals surface area contributed by atoms with E-state index < -0.39 is 0 Å². The number of nitrogens with one attached hydrogen (secondary N) is 1. The second-order valence-electron chi connectivity index (χ2n) is 5.62. The fourth-order valence-electron chi connectivity index (χ4n) is 2.08. The Morgan fingerprint density at radius 2 is 2.10 bits per heavy atom. The maximum Gasteiger partial charge on any atom is 0.239 e. The Kier molecular flexibility index (Phi) is 4.70. The maximum atomic E-state index is 9.60. The van der Waals surface area contributed by atoms with Gasteiger partial charge in [-0.05, 0) is 43.7 Å². The molecule has 1 fully saturated rings. The molecule has 4 N–H and O–H groups in total. The summed E-state index contributed by atoms with van der Waals surface area (Å²) in [5.74, 6) is 1.85. The summed E-state index contributed by atoms with van der Waals surface area (Å²) >= 11 is 0. The van der Waals surface area contributed by atoms with Crippen molar-refractivity contribution in [3.63, 3.8) is 0 Å². The van der Waals surface area contributed by atoms with E-state index in [2.05, 4.69) is 24.1 Å². The normalized spacial score (nSPS) is 15.2. The fourth-order valence-corrected chi connectivity index (χ4v) is 2.08. The predicted octanol–water partition coefficient (Wildman–Crippen LogP) is 2.42. The van der Waals surface area contributed by atoms with Crippen molar-refractivity contribution in [2.45, 2.75) is 45.1 Å². The first-order chi connectivity index (χ1) is 9.62. The van der Waals surface area contributed by atoms with Gasteiger partial charge in [0.25, 0.3) is 0 Å². The Morgan fingerprint density at radius 3 is 2.65 bits per heavy atom. The fraction of sp³-hybridized carbons (Fsp3) is 0.667. The Hall–Kier alpha value is -1.49. The van der Waals surface area contributed by atoms with Crippen LogP contribution < -0.4 is 15.8 Å². The van der Waals surface area contributed by atoms with Crippen molar-refractivity contribution in [1.29, 1.82) is 0 Å². The first-order valence-electron chi connectivity index (χ1n) is 7.41. The lowest BCUT2D eigenvalue weighted by Gasteiger charge is -2.31. The number of nitrogens with two attached hydrogens (primary N) is 1. The number of aromatic nitrogens is 1. The predicted molar refractivity (Wildman–Crippen MR) is 80.9 cm³/mol. The largest absolute Gasteiger partial charge is 0.476 e. The van der Waals surface area contributed by atoms with Crippen molar-refractivity contribution in [1.82, 2.24) is 4.98 Å². The molecule has 0 bridgehead atoms. The average Bonchev–Trinajstić information content (AvgIpc) is 3.29. The van der Waals surface area contributed by atoms with Crippen LogP contribution >= 0.6 is 0 Å². The first-order valence-corrected chi connectivity index (χ1v) is 7.41. The van der Waals surface area contributed by atoms with Crippen molar-refractivity contribution < 1.29 is 9.84 Å². The molecule has 0 unspecified atom stereocenters. The molecule has 0 aliphatic heterocycles. The average molecular weight is 279 g/mol. The van der Waals surface area contributed by atoms with Gasteiger partial charge < -0.3 is 20.9 Å². The number of aliphatic hydroxyl groups excluding tert-OH is 1. The van der Waals surface area contributed by atoms with E-state index in [0.717, 1.165) is 12.8 Å². The highest BCUT2D eigenvalue weighted by molar-refractivity contribution is 5.54. The smallest absolute Gasteiger partial charge is 0.239 e. The minimum absolute atomic E-state index is 0.0737. The van der Waals surface area contributed by atoms with Crippen LogP contribution in [0.2, 0.25) is 0 Å². The van der Waals surface area contributed by atoms with Gasteiger partial charge in [-0.1, -0.05) is 13.8 Å². The molecule has 1 aromatic rings. The summed E-state index contributed by atoms with van der Waals surface area (Å²) in [4.78, 5) is 4.43. The molecule has 20 heavy (non-hydrogen) atoms. The van der Waals surface area contributed by atoms with Crippen LogP contribution in [0.15, 0.2) is 12.1 Å². The van der Waals surface area contributed by atoms with E-state index in [1.807, 2.05) is 6.07 Å². The summed E-state index contributed by atoms with van der Waals surface area (Å²) < 4.78 is 5.68. The highest BCUT2D eigenvalue weighted by Gasteiger charge is 2.26. The number of hydrogen-bond acceptors (Lipinski definition) is 5. The van der Waals surface area contributed by atoms with Crippen LogP contribution in [-0.4, -0.2) is 28.8 Å². The molecule has 1 saturated carbocycles. The van der Waals surface area contributed by atoms with Crippen molar-refractivity contribution in [3.8, 4) is 5.88 Å². The second kappa shape index (κ2) is 6.31. The Morgan fingerprint density at radius 1 is 1.40 bits per heavy atom. The van der Waals surface area contributed by atoms with Crippen LogP contribution in [0.25, 0.3) is 0 Å². The molecule has 0 aromatic carbocycles. The Labute approximate surface area is 120 Å². The molecule has 1 aliphatic rings. The number of anilines is 2. The molecule has 0 radical (unpaired) electrons. The molecule has 0 amide bonds. The number of nitrogens with zero attached hydrogens (tertiary/aromatic N) is 1. The maximum absolute atomic E-state index is 9.60. The van der Waals surface area contributed by atoms with E-state index in [0.29, 0.717) is 29.9 Å². The van der Waals surface area contributed by atoms with E-state index in [9.17, 15) is 5.11 Å². The zero-order valence-corrected chi connectivity index (χ0v) is 12.4. The molecule has 2 rings (SSSR count). The van der Waals surface area contributed by atoms with Crippen molar-refractivity contribution in [2.24, 2.45) is 5.92 Å². The first kappa shape index (κ1) is 14.9. The van der Waals surface area contributed by atoms with Crippen LogP contribution in [-0.2, 0) is 0 Å². The second-order valence-corrected chi connectivity index (χ2v) is 5.62.